The number of rotatable bonds is 4. The molecule has 112 valence electrons. The Morgan fingerprint density at radius 3 is 2.45 bits per heavy atom. The van der Waals surface area contributed by atoms with Crippen LogP contribution in [0.1, 0.15) is 31.2 Å². The minimum absolute atomic E-state index is 0.0472. The fourth-order valence-electron chi connectivity index (χ4n) is 2.49. The number of hydrogen-bond acceptors (Lipinski definition) is 4. The van der Waals surface area contributed by atoms with E-state index in [0.717, 1.165) is 31.2 Å². The Balaban J connectivity index is 2.06. The molecule has 3 N–H and O–H groups in total. The van der Waals surface area contributed by atoms with E-state index in [4.69, 9.17) is 5.73 Å². The lowest BCUT2D eigenvalue weighted by Gasteiger charge is -2.27. The Kier molecular flexibility index (Phi) is 4.99. The summed E-state index contributed by atoms with van der Waals surface area (Å²) in [5.74, 6) is 0. The average Bonchev–Trinajstić information content (AvgIpc) is 2.42. The highest BCUT2D eigenvalue weighted by atomic mass is 32.2. The van der Waals surface area contributed by atoms with Gasteiger partial charge in [-0.2, -0.15) is 11.8 Å². The molecule has 1 aliphatic rings. The molecular weight excluding hydrogens is 292 g/mol. The number of hydrogen-bond donors (Lipinski definition) is 2. The van der Waals surface area contributed by atoms with Gasteiger partial charge in [-0.3, -0.25) is 0 Å². The summed E-state index contributed by atoms with van der Waals surface area (Å²) in [6.45, 7) is 1.86. The van der Waals surface area contributed by atoms with E-state index < -0.39 is 10.0 Å². The first-order chi connectivity index (χ1) is 9.42. The second-order valence-corrected chi connectivity index (χ2v) is 8.20. The van der Waals surface area contributed by atoms with E-state index >= 15 is 0 Å². The summed E-state index contributed by atoms with van der Waals surface area (Å²) in [6, 6.07) is 4.94. The third kappa shape index (κ3) is 3.68. The second-order valence-electron chi connectivity index (χ2n) is 5.35. The van der Waals surface area contributed by atoms with E-state index in [9.17, 15) is 8.42 Å². The molecule has 0 radical (unpaired) electrons. The van der Waals surface area contributed by atoms with Gasteiger partial charge < -0.3 is 5.73 Å². The number of thioether (sulfide) groups is 1. The molecule has 1 aliphatic carbocycles. The molecule has 2 rings (SSSR count). The van der Waals surface area contributed by atoms with Gasteiger partial charge >= 0.3 is 0 Å². The van der Waals surface area contributed by atoms with Crippen molar-refractivity contribution in [3.05, 3.63) is 23.8 Å². The zero-order chi connectivity index (χ0) is 14.8. The van der Waals surface area contributed by atoms with Crippen LogP contribution < -0.4 is 10.5 Å². The smallest absolute Gasteiger partial charge is 0.240 e. The highest BCUT2D eigenvalue weighted by Crippen LogP contribution is 2.28. The lowest BCUT2D eigenvalue weighted by molar-refractivity contribution is 0.420. The summed E-state index contributed by atoms with van der Waals surface area (Å²) in [5, 5.41) is 0.672. The molecule has 0 amide bonds. The first kappa shape index (κ1) is 15.7. The number of anilines is 1. The minimum atomic E-state index is -3.46. The molecule has 1 fully saturated rings. The predicted molar refractivity (Wildman–Crippen MR) is 85.5 cm³/mol. The van der Waals surface area contributed by atoms with Gasteiger partial charge in [-0.05, 0) is 56.6 Å². The number of benzene rings is 1. The lowest BCUT2D eigenvalue weighted by Crippen LogP contribution is -2.38. The van der Waals surface area contributed by atoms with Gasteiger partial charge in [-0.15, -0.1) is 0 Å². The van der Waals surface area contributed by atoms with Gasteiger partial charge in [-0.1, -0.05) is 6.07 Å². The largest absolute Gasteiger partial charge is 0.398 e. The molecule has 0 heterocycles. The highest BCUT2D eigenvalue weighted by molar-refractivity contribution is 7.99. The van der Waals surface area contributed by atoms with Crippen molar-refractivity contribution < 1.29 is 8.42 Å². The van der Waals surface area contributed by atoms with Crippen LogP contribution in [-0.4, -0.2) is 26.0 Å². The summed E-state index contributed by atoms with van der Waals surface area (Å²) >= 11 is 1.87. The van der Waals surface area contributed by atoms with Crippen molar-refractivity contribution in [3.8, 4) is 0 Å². The normalized spacial score (nSPS) is 23.7. The molecule has 0 aromatic heterocycles. The molecule has 1 aromatic carbocycles. The van der Waals surface area contributed by atoms with Crippen molar-refractivity contribution in [2.75, 3.05) is 12.0 Å². The van der Waals surface area contributed by atoms with E-state index in [0.29, 0.717) is 10.9 Å². The van der Waals surface area contributed by atoms with Crippen molar-refractivity contribution >= 4 is 27.5 Å². The first-order valence-electron chi connectivity index (χ1n) is 6.83. The second kappa shape index (κ2) is 6.37. The van der Waals surface area contributed by atoms with Crippen molar-refractivity contribution in [3.63, 3.8) is 0 Å². The van der Waals surface area contributed by atoms with Crippen molar-refractivity contribution in [1.29, 1.82) is 0 Å². The van der Waals surface area contributed by atoms with Gasteiger partial charge in [0.05, 0.1) is 4.90 Å². The quantitative estimate of drug-likeness (QED) is 0.838. The number of sulfonamides is 1. The molecule has 0 unspecified atom stereocenters. The maximum atomic E-state index is 12.3. The highest BCUT2D eigenvalue weighted by Gasteiger charge is 2.25. The van der Waals surface area contributed by atoms with Gasteiger partial charge in [0, 0.05) is 17.0 Å². The number of nitrogens with two attached hydrogens (primary N) is 1. The topological polar surface area (TPSA) is 72.2 Å². The Hall–Kier alpha value is -0.720. The predicted octanol–water partition coefficient (Wildman–Crippen LogP) is 2.53. The molecule has 4 nitrogen and oxygen atoms in total. The number of nitrogen functional groups attached to an aromatic ring is 1. The average molecular weight is 314 g/mol. The van der Waals surface area contributed by atoms with Crippen LogP contribution in [-0.2, 0) is 10.0 Å². The van der Waals surface area contributed by atoms with E-state index in [1.165, 1.54) is 6.07 Å². The van der Waals surface area contributed by atoms with Gasteiger partial charge in [0.25, 0.3) is 0 Å². The van der Waals surface area contributed by atoms with Gasteiger partial charge in [0.2, 0.25) is 10.0 Å². The SMILES string of the molecule is CSC1CCC(NS(=O)(=O)c2ccc(C)c(N)c2)CC1. The van der Waals surface area contributed by atoms with E-state index in [2.05, 4.69) is 11.0 Å². The fourth-order valence-corrected chi connectivity index (χ4v) is 4.57. The van der Waals surface area contributed by atoms with E-state index in [1.54, 1.807) is 12.1 Å². The van der Waals surface area contributed by atoms with Crippen LogP contribution in [0, 0.1) is 6.92 Å². The molecular formula is C14H22N2O2S2. The third-order valence-corrected chi connectivity index (χ3v) is 6.55. The maximum absolute atomic E-state index is 12.3. The minimum Gasteiger partial charge on any atom is -0.398 e. The van der Waals surface area contributed by atoms with Crippen LogP contribution in [0.25, 0.3) is 0 Å². The summed E-state index contributed by atoms with van der Waals surface area (Å²) in [4.78, 5) is 0.257. The Labute approximate surface area is 125 Å². The molecule has 0 atom stereocenters. The Morgan fingerprint density at radius 2 is 1.90 bits per heavy atom. The summed E-state index contributed by atoms with van der Waals surface area (Å²) in [6.07, 6.45) is 6.08. The number of nitrogens with one attached hydrogen (secondary N) is 1. The molecule has 0 saturated heterocycles. The van der Waals surface area contributed by atoms with Gasteiger partial charge in [0.15, 0.2) is 0 Å². The first-order valence-corrected chi connectivity index (χ1v) is 9.60. The fraction of sp³-hybridized carbons (Fsp3) is 0.571. The summed E-state index contributed by atoms with van der Waals surface area (Å²) in [7, 11) is -3.46. The van der Waals surface area contributed by atoms with Crippen LogP contribution in [0.15, 0.2) is 23.1 Å². The van der Waals surface area contributed by atoms with Crippen molar-refractivity contribution in [1.82, 2.24) is 4.72 Å². The molecule has 0 bridgehead atoms. The van der Waals surface area contributed by atoms with Crippen molar-refractivity contribution in [2.45, 2.75) is 48.8 Å². The van der Waals surface area contributed by atoms with Gasteiger partial charge in [-0.25, -0.2) is 13.1 Å². The zero-order valence-corrected chi connectivity index (χ0v) is 13.6. The zero-order valence-electron chi connectivity index (χ0n) is 11.9. The van der Waals surface area contributed by atoms with Crippen LogP contribution in [0.2, 0.25) is 0 Å². The molecule has 0 aliphatic heterocycles. The van der Waals surface area contributed by atoms with E-state index in [-0.39, 0.29) is 10.9 Å². The van der Waals surface area contributed by atoms with Crippen LogP contribution in [0.4, 0.5) is 5.69 Å². The van der Waals surface area contributed by atoms with E-state index in [1.807, 2.05) is 18.7 Å². The molecule has 20 heavy (non-hydrogen) atoms. The molecule has 1 aromatic rings. The third-order valence-electron chi connectivity index (χ3n) is 3.89. The van der Waals surface area contributed by atoms with Crippen LogP contribution >= 0.6 is 11.8 Å². The Bertz CT molecular complexity index is 565. The Morgan fingerprint density at radius 1 is 1.25 bits per heavy atom. The molecule has 1 saturated carbocycles. The number of aryl methyl sites for hydroxylation is 1. The molecule has 6 heteroatoms. The van der Waals surface area contributed by atoms with Gasteiger partial charge in [0.1, 0.15) is 0 Å². The maximum Gasteiger partial charge on any atom is 0.240 e. The van der Waals surface area contributed by atoms with Crippen LogP contribution in [0.3, 0.4) is 0 Å². The molecule has 0 spiro atoms. The van der Waals surface area contributed by atoms with Crippen LogP contribution in [0.5, 0.6) is 0 Å². The standard InChI is InChI=1S/C14H22N2O2S2/c1-10-3-8-13(9-14(10)15)20(17,18)16-11-4-6-12(19-2)7-5-11/h3,8-9,11-12,16H,4-7,15H2,1-2H3. The monoisotopic (exact) mass is 314 g/mol. The summed E-state index contributed by atoms with van der Waals surface area (Å²) in [5.41, 5.74) is 7.20. The lowest BCUT2D eigenvalue weighted by atomic mass is 9.96. The summed E-state index contributed by atoms with van der Waals surface area (Å²) < 4.78 is 27.5. The van der Waals surface area contributed by atoms with Crippen molar-refractivity contribution in [2.24, 2.45) is 0 Å².